The summed E-state index contributed by atoms with van der Waals surface area (Å²) in [6.07, 6.45) is -0.191. The number of ether oxygens (including phenoxy) is 3. The molecule has 0 aromatic heterocycles. The number of carbonyl (C=O) groups is 2. The molecule has 9 heteroatoms. The van der Waals surface area contributed by atoms with Gasteiger partial charge in [-0.3, -0.25) is 4.79 Å². The second kappa shape index (κ2) is 11.8. The van der Waals surface area contributed by atoms with E-state index in [-0.39, 0.29) is 24.5 Å². The number of esters is 1. The Hall–Kier alpha value is -3.72. The smallest absolute Gasteiger partial charge is 0.338 e. The Labute approximate surface area is 227 Å². The second-order valence-electron chi connectivity index (χ2n) is 9.33. The van der Waals surface area contributed by atoms with Gasteiger partial charge < -0.3 is 24.4 Å². The van der Waals surface area contributed by atoms with Crippen LogP contribution in [-0.4, -0.2) is 42.3 Å². The highest BCUT2D eigenvalue weighted by Gasteiger charge is 2.42. The fraction of sp³-hybridized carbons (Fsp3) is 0.345. The SMILES string of the molecule is COc1ccc([C@@H]2C(C(=O)OC(C)C)=C(C)N=C3SC=C(CC(=O)N[C@H](C)c4ccccc4)N32)c(OC)c1. The zero-order valence-corrected chi connectivity index (χ0v) is 23.3. The summed E-state index contributed by atoms with van der Waals surface area (Å²) in [7, 11) is 3.16. The largest absolute Gasteiger partial charge is 0.497 e. The number of hydrogen-bond acceptors (Lipinski definition) is 8. The lowest BCUT2D eigenvalue weighted by Gasteiger charge is -2.37. The molecule has 200 valence electrons. The molecule has 2 aliphatic heterocycles. The van der Waals surface area contributed by atoms with E-state index in [1.165, 1.54) is 11.8 Å². The molecule has 0 bridgehead atoms. The van der Waals surface area contributed by atoms with Gasteiger partial charge in [0, 0.05) is 17.3 Å². The van der Waals surface area contributed by atoms with Crippen molar-refractivity contribution in [3.05, 3.63) is 82.0 Å². The number of fused-ring (bicyclic) bond motifs is 1. The maximum Gasteiger partial charge on any atom is 0.338 e. The Bertz CT molecular complexity index is 1300. The van der Waals surface area contributed by atoms with Crippen LogP contribution in [0.25, 0.3) is 0 Å². The first-order valence-corrected chi connectivity index (χ1v) is 13.3. The lowest BCUT2D eigenvalue weighted by atomic mass is 9.93. The molecule has 0 spiro atoms. The van der Waals surface area contributed by atoms with Gasteiger partial charge in [-0.15, -0.1) is 0 Å². The predicted octanol–water partition coefficient (Wildman–Crippen LogP) is 5.50. The molecule has 0 fully saturated rings. The average molecular weight is 536 g/mol. The molecule has 2 aliphatic rings. The number of hydrogen-bond donors (Lipinski definition) is 1. The number of carbonyl (C=O) groups excluding carboxylic acids is 2. The van der Waals surface area contributed by atoms with Gasteiger partial charge >= 0.3 is 5.97 Å². The summed E-state index contributed by atoms with van der Waals surface area (Å²) in [6, 6.07) is 14.5. The van der Waals surface area contributed by atoms with Gasteiger partial charge in [-0.1, -0.05) is 42.1 Å². The van der Waals surface area contributed by atoms with E-state index in [0.29, 0.717) is 27.9 Å². The summed E-state index contributed by atoms with van der Waals surface area (Å²) < 4.78 is 16.7. The molecule has 1 amide bonds. The van der Waals surface area contributed by atoms with Crippen molar-refractivity contribution in [3.8, 4) is 11.5 Å². The lowest BCUT2D eigenvalue weighted by molar-refractivity contribution is -0.143. The maximum atomic E-state index is 13.4. The molecule has 2 atom stereocenters. The van der Waals surface area contributed by atoms with Gasteiger partial charge in [0.2, 0.25) is 5.91 Å². The van der Waals surface area contributed by atoms with E-state index in [1.807, 2.05) is 73.5 Å². The van der Waals surface area contributed by atoms with Crippen LogP contribution in [0, 0.1) is 0 Å². The standard InChI is InChI=1S/C29H33N3O5S/c1-17(2)37-28(34)26-19(4)31-29-32(27(26)23-13-12-22(35-5)15-24(23)36-6)21(16-38-29)14-25(33)30-18(3)20-10-8-7-9-11-20/h7-13,15-18,27H,14H2,1-6H3,(H,30,33)/t18-,27-/m1/s1. The van der Waals surface area contributed by atoms with Crippen LogP contribution in [0.1, 0.15) is 57.3 Å². The van der Waals surface area contributed by atoms with Crippen LogP contribution in [-0.2, 0) is 14.3 Å². The third kappa shape index (κ3) is 5.72. The van der Waals surface area contributed by atoms with E-state index in [1.54, 1.807) is 27.2 Å². The summed E-state index contributed by atoms with van der Waals surface area (Å²) in [5, 5.41) is 5.68. The predicted molar refractivity (Wildman–Crippen MR) is 149 cm³/mol. The number of rotatable bonds is 9. The number of amides is 1. The summed E-state index contributed by atoms with van der Waals surface area (Å²) in [4.78, 5) is 33.2. The van der Waals surface area contributed by atoms with Crippen LogP contribution in [0.3, 0.4) is 0 Å². The Morgan fingerprint density at radius 2 is 1.82 bits per heavy atom. The molecule has 2 heterocycles. The van der Waals surface area contributed by atoms with Gasteiger partial charge in [0.05, 0.1) is 50.1 Å². The van der Waals surface area contributed by atoms with Crippen molar-refractivity contribution in [2.75, 3.05) is 14.2 Å². The first-order valence-electron chi connectivity index (χ1n) is 12.4. The van der Waals surface area contributed by atoms with Gasteiger partial charge in [-0.25, -0.2) is 9.79 Å². The molecule has 0 saturated carbocycles. The van der Waals surface area contributed by atoms with Gasteiger partial charge in [0.25, 0.3) is 0 Å². The molecule has 0 radical (unpaired) electrons. The van der Waals surface area contributed by atoms with Crippen molar-refractivity contribution in [2.45, 2.75) is 52.3 Å². The second-order valence-corrected chi connectivity index (χ2v) is 10.2. The molecule has 0 aliphatic carbocycles. The summed E-state index contributed by atoms with van der Waals surface area (Å²) in [6.45, 7) is 7.38. The number of allylic oxidation sites excluding steroid dienone is 1. The number of methoxy groups -OCH3 is 2. The minimum absolute atomic E-state index is 0.115. The minimum Gasteiger partial charge on any atom is -0.497 e. The molecule has 4 rings (SSSR count). The molecule has 2 aromatic carbocycles. The molecule has 2 aromatic rings. The molecular weight excluding hydrogens is 502 g/mol. The maximum absolute atomic E-state index is 13.4. The number of benzene rings is 2. The Morgan fingerprint density at radius 1 is 1.08 bits per heavy atom. The molecule has 0 saturated heterocycles. The number of nitrogens with zero attached hydrogens (tertiary/aromatic N) is 2. The highest BCUT2D eigenvalue weighted by atomic mass is 32.2. The van der Waals surface area contributed by atoms with Crippen LogP contribution in [0.2, 0.25) is 0 Å². The van der Waals surface area contributed by atoms with E-state index in [4.69, 9.17) is 19.2 Å². The molecule has 8 nitrogen and oxygen atoms in total. The number of aliphatic imine (C=N–C) groups is 1. The van der Waals surface area contributed by atoms with Crippen molar-refractivity contribution in [1.29, 1.82) is 0 Å². The van der Waals surface area contributed by atoms with Gasteiger partial charge in [-0.2, -0.15) is 0 Å². The lowest BCUT2D eigenvalue weighted by Crippen LogP contribution is -2.38. The molecular formula is C29H33N3O5S. The van der Waals surface area contributed by atoms with E-state index >= 15 is 0 Å². The molecule has 1 N–H and O–H groups in total. The highest BCUT2D eigenvalue weighted by molar-refractivity contribution is 8.16. The first-order chi connectivity index (χ1) is 18.2. The number of amidine groups is 1. The van der Waals surface area contributed by atoms with Crippen molar-refractivity contribution in [3.63, 3.8) is 0 Å². The zero-order chi connectivity index (χ0) is 27.4. The van der Waals surface area contributed by atoms with Crippen LogP contribution in [0.5, 0.6) is 11.5 Å². The monoisotopic (exact) mass is 535 g/mol. The van der Waals surface area contributed by atoms with Crippen molar-refractivity contribution in [2.24, 2.45) is 4.99 Å². The molecule has 38 heavy (non-hydrogen) atoms. The van der Waals surface area contributed by atoms with Crippen molar-refractivity contribution < 1.29 is 23.8 Å². The Morgan fingerprint density at radius 3 is 2.47 bits per heavy atom. The van der Waals surface area contributed by atoms with Gasteiger partial charge in [-0.05, 0) is 50.8 Å². The fourth-order valence-electron chi connectivity index (χ4n) is 4.53. The quantitative estimate of drug-likeness (QED) is 0.424. The fourth-order valence-corrected chi connectivity index (χ4v) is 5.49. The third-order valence-electron chi connectivity index (χ3n) is 6.32. The number of nitrogens with one attached hydrogen (secondary N) is 1. The van der Waals surface area contributed by atoms with E-state index < -0.39 is 12.0 Å². The average Bonchev–Trinajstić information content (AvgIpc) is 3.28. The Kier molecular flexibility index (Phi) is 8.46. The summed E-state index contributed by atoms with van der Waals surface area (Å²) in [5.41, 5.74) is 3.46. The van der Waals surface area contributed by atoms with Crippen LogP contribution >= 0.6 is 11.8 Å². The van der Waals surface area contributed by atoms with E-state index in [2.05, 4.69) is 5.32 Å². The molecule has 0 unspecified atom stereocenters. The topological polar surface area (TPSA) is 89.5 Å². The van der Waals surface area contributed by atoms with Crippen LogP contribution in [0.15, 0.2) is 75.9 Å². The third-order valence-corrected chi connectivity index (χ3v) is 7.21. The van der Waals surface area contributed by atoms with Gasteiger partial charge in [0.1, 0.15) is 11.5 Å². The summed E-state index contributed by atoms with van der Waals surface area (Å²) >= 11 is 1.42. The normalized spacial score (nSPS) is 17.4. The van der Waals surface area contributed by atoms with Crippen molar-refractivity contribution >= 4 is 28.8 Å². The van der Waals surface area contributed by atoms with Crippen molar-refractivity contribution in [1.82, 2.24) is 10.2 Å². The Balaban J connectivity index is 1.70. The van der Waals surface area contributed by atoms with E-state index in [9.17, 15) is 9.59 Å². The van der Waals surface area contributed by atoms with Gasteiger partial charge in [0.15, 0.2) is 5.17 Å². The van der Waals surface area contributed by atoms with Crippen LogP contribution in [0.4, 0.5) is 0 Å². The first kappa shape index (κ1) is 27.3. The minimum atomic E-state index is -0.602. The highest BCUT2D eigenvalue weighted by Crippen LogP contribution is 2.47. The number of thioether (sulfide) groups is 1. The van der Waals surface area contributed by atoms with Crippen LogP contribution < -0.4 is 14.8 Å². The zero-order valence-electron chi connectivity index (χ0n) is 22.5. The van der Waals surface area contributed by atoms with E-state index in [0.717, 1.165) is 16.8 Å². The summed E-state index contributed by atoms with van der Waals surface area (Å²) in [5.74, 6) is 0.592.